The SMILES string of the molecule is CC(NCc1cc(Cl)ccc1Br)C1CCCC1. The molecular weight excluding hydrogens is 298 g/mol. The van der Waals surface area contributed by atoms with Gasteiger partial charge < -0.3 is 5.32 Å². The van der Waals surface area contributed by atoms with Gasteiger partial charge in [-0.05, 0) is 49.4 Å². The van der Waals surface area contributed by atoms with E-state index in [4.69, 9.17) is 11.6 Å². The van der Waals surface area contributed by atoms with Crippen LogP contribution in [0.3, 0.4) is 0 Å². The van der Waals surface area contributed by atoms with Gasteiger partial charge in [0, 0.05) is 22.1 Å². The largest absolute Gasteiger partial charge is 0.310 e. The molecule has 1 aromatic rings. The van der Waals surface area contributed by atoms with E-state index in [0.717, 1.165) is 22.0 Å². The Morgan fingerprint density at radius 2 is 2.12 bits per heavy atom. The Labute approximate surface area is 117 Å². The molecule has 1 unspecified atom stereocenters. The normalized spacial score (nSPS) is 18.5. The Hall–Kier alpha value is -0.0500. The molecule has 1 aromatic carbocycles. The molecule has 94 valence electrons. The fourth-order valence-electron chi connectivity index (χ4n) is 2.57. The van der Waals surface area contributed by atoms with Crippen molar-refractivity contribution in [2.24, 2.45) is 5.92 Å². The lowest BCUT2D eigenvalue weighted by Crippen LogP contribution is -2.31. The van der Waals surface area contributed by atoms with E-state index in [-0.39, 0.29) is 0 Å². The second-order valence-corrected chi connectivity index (χ2v) is 6.24. The molecule has 1 saturated carbocycles. The van der Waals surface area contributed by atoms with Crippen LogP contribution in [0.1, 0.15) is 38.2 Å². The first-order chi connectivity index (χ1) is 8.16. The van der Waals surface area contributed by atoms with Crippen molar-refractivity contribution in [3.63, 3.8) is 0 Å². The third-order valence-corrected chi connectivity index (χ3v) is 4.74. The minimum absolute atomic E-state index is 0.600. The lowest BCUT2D eigenvalue weighted by Gasteiger charge is -2.20. The summed E-state index contributed by atoms with van der Waals surface area (Å²) in [5.41, 5.74) is 1.24. The smallest absolute Gasteiger partial charge is 0.0410 e. The molecule has 0 bridgehead atoms. The molecule has 1 atom stereocenters. The maximum Gasteiger partial charge on any atom is 0.0410 e. The molecule has 0 heterocycles. The first-order valence-electron chi connectivity index (χ1n) is 6.34. The maximum absolute atomic E-state index is 6.01. The lowest BCUT2D eigenvalue weighted by atomic mass is 9.99. The highest BCUT2D eigenvalue weighted by Crippen LogP contribution is 2.28. The van der Waals surface area contributed by atoms with Crippen LogP contribution >= 0.6 is 27.5 Å². The van der Waals surface area contributed by atoms with Crippen LogP contribution in [-0.4, -0.2) is 6.04 Å². The van der Waals surface area contributed by atoms with Crippen molar-refractivity contribution in [1.29, 1.82) is 0 Å². The summed E-state index contributed by atoms with van der Waals surface area (Å²) >= 11 is 9.58. The van der Waals surface area contributed by atoms with Gasteiger partial charge in [0.2, 0.25) is 0 Å². The van der Waals surface area contributed by atoms with Crippen LogP contribution in [0.2, 0.25) is 5.02 Å². The van der Waals surface area contributed by atoms with Gasteiger partial charge in [-0.1, -0.05) is 40.4 Å². The topological polar surface area (TPSA) is 12.0 Å². The van der Waals surface area contributed by atoms with Crippen LogP contribution in [0.5, 0.6) is 0 Å². The summed E-state index contributed by atoms with van der Waals surface area (Å²) in [7, 11) is 0. The molecular formula is C14H19BrClN. The molecule has 1 nitrogen and oxygen atoms in total. The van der Waals surface area contributed by atoms with E-state index in [2.05, 4.69) is 28.2 Å². The van der Waals surface area contributed by atoms with Crippen molar-refractivity contribution < 1.29 is 0 Å². The molecule has 0 amide bonds. The summed E-state index contributed by atoms with van der Waals surface area (Å²) in [5, 5.41) is 4.42. The Morgan fingerprint density at radius 1 is 1.41 bits per heavy atom. The van der Waals surface area contributed by atoms with Crippen LogP contribution in [0.4, 0.5) is 0 Å². The molecule has 1 fully saturated rings. The van der Waals surface area contributed by atoms with Gasteiger partial charge in [-0.3, -0.25) is 0 Å². The summed E-state index contributed by atoms with van der Waals surface area (Å²) in [5.74, 6) is 0.855. The van der Waals surface area contributed by atoms with Crippen molar-refractivity contribution in [3.05, 3.63) is 33.3 Å². The Balaban J connectivity index is 1.90. The van der Waals surface area contributed by atoms with Gasteiger partial charge in [-0.25, -0.2) is 0 Å². The average molecular weight is 317 g/mol. The second-order valence-electron chi connectivity index (χ2n) is 4.95. The first-order valence-corrected chi connectivity index (χ1v) is 7.51. The molecule has 0 radical (unpaired) electrons. The van der Waals surface area contributed by atoms with Crippen LogP contribution in [-0.2, 0) is 6.54 Å². The van der Waals surface area contributed by atoms with Gasteiger partial charge in [-0.15, -0.1) is 0 Å². The van der Waals surface area contributed by atoms with Crippen LogP contribution < -0.4 is 5.32 Å². The standard InChI is InChI=1S/C14H19BrClN/c1-10(11-4-2-3-5-11)17-9-12-8-13(16)6-7-14(12)15/h6-8,10-11,17H,2-5,9H2,1H3. The van der Waals surface area contributed by atoms with Crippen molar-refractivity contribution in [2.45, 2.75) is 45.2 Å². The van der Waals surface area contributed by atoms with Gasteiger partial charge in [0.1, 0.15) is 0 Å². The molecule has 0 saturated heterocycles. The van der Waals surface area contributed by atoms with Crippen LogP contribution in [0, 0.1) is 5.92 Å². The van der Waals surface area contributed by atoms with Crippen molar-refractivity contribution in [2.75, 3.05) is 0 Å². The number of hydrogen-bond donors (Lipinski definition) is 1. The number of halogens is 2. The summed E-state index contributed by atoms with van der Waals surface area (Å²) in [6.07, 6.45) is 5.56. The average Bonchev–Trinajstić information content (AvgIpc) is 2.83. The third-order valence-electron chi connectivity index (χ3n) is 3.73. The minimum atomic E-state index is 0.600. The zero-order valence-electron chi connectivity index (χ0n) is 10.2. The van der Waals surface area contributed by atoms with Gasteiger partial charge >= 0.3 is 0 Å². The molecule has 1 N–H and O–H groups in total. The number of benzene rings is 1. The number of rotatable bonds is 4. The predicted octanol–water partition coefficient (Wildman–Crippen LogP) is 4.77. The molecule has 0 aromatic heterocycles. The van der Waals surface area contributed by atoms with Crippen molar-refractivity contribution >= 4 is 27.5 Å². The fraction of sp³-hybridized carbons (Fsp3) is 0.571. The summed E-state index contributed by atoms with van der Waals surface area (Å²) in [6, 6.07) is 6.55. The molecule has 3 heteroatoms. The summed E-state index contributed by atoms with van der Waals surface area (Å²) in [6.45, 7) is 3.19. The van der Waals surface area contributed by atoms with Crippen LogP contribution in [0.15, 0.2) is 22.7 Å². The quantitative estimate of drug-likeness (QED) is 0.843. The summed E-state index contributed by atoms with van der Waals surface area (Å²) in [4.78, 5) is 0. The van der Waals surface area contributed by atoms with E-state index in [1.807, 2.05) is 18.2 Å². The monoisotopic (exact) mass is 315 g/mol. The van der Waals surface area contributed by atoms with E-state index in [9.17, 15) is 0 Å². The Kier molecular flexibility index (Phi) is 4.89. The third kappa shape index (κ3) is 3.70. The van der Waals surface area contributed by atoms with Crippen LogP contribution in [0.25, 0.3) is 0 Å². The van der Waals surface area contributed by atoms with Gasteiger partial charge in [0.05, 0.1) is 0 Å². The van der Waals surface area contributed by atoms with Gasteiger partial charge in [0.15, 0.2) is 0 Å². The zero-order chi connectivity index (χ0) is 12.3. The highest BCUT2D eigenvalue weighted by atomic mass is 79.9. The van der Waals surface area contributed by atoms with E-state index in [0.29, 0.717) is 6.04 Å². The number of hydrogen-bond acceptors (Lipinski definition) is 1. The van der Waals surface area contributed by atoms with Crippen molar-refractivity contribution in [3.8, 4) is 0 Å². The molecule has 0 aliphatic heterocycles. The minimum Gasteiger partial charge on any atom is -0.310 e. The molecule has 2 rings (SSSR count). The van der Waals surface area contributed by atoms with E-state index < -0.39 is 0 Å². The molecule has 17 heavy (non-hydrogen) atoms. The Bertz CT molecular complexity index is 374. The fourth-order valence-corrected chi connectivity index (χ4v) is 3.16. The lowest BCUT2D eigenvalue weighted by molar-refractivity contribution is 0.380. The van der Waals surface area contributed by atoms with Gasteiger partial charge in [0.25, 0.3) is 0 Å². The van der Waals surface area contributed by atoms with Gasteiger partial charge in [-0.2, -0.15) is 0 Å². The first kappa shape index (κ1) is 13.4. The van der Waals surface area contributed by atoms with E-state index >= 15 is 0 Å². The van der Waals surface area contributed by atoms with E-state index in [1.54, 1.807) is 0 Å². The molecule has 1 aliphatic rings. The maximum atomic E-state index is 6.01. The molecule has 0 spiro atoms. The summed E-state index contributed by atoms with van der Waals surface area (Å²) < 4.78 is 1.13. The second kappa shape index (κ2) is 6.21. The molecule has 1 aliphatic carbocycles. The highest BCUT2D eigenvalue weighted by Gasteiger charge is 2.20. The predicted molar refractivity (Wildman–Crippen MR) is 77.4 cm³/mol. The van der Waals surface area contributed by atoms with Crippen molar-refractivity contribution in [1.82, 2.24) is 5.32 Å². The highest BCUT2D eigenvalue weighted by molar-refractivity contribution is 9.10. The zero-order valence-corrected chi connectivity index (χ0v) is 12.5. The number of nitrogens with one attached hydrogen (secondary N) is 1. The van der Waals surface area contributed by atoms with E-state index in [1.165, 1.54) is 31.2 Å². The Morgan fingerprint density at radius 3 is 2.82 bits per heavy atom.